The summed E-state index contributed by atoms with van der Waals surface area (Å²) in [7, 11) is 1.91. The fourth-order valence-electron chi connectivity index (χ4n) is 1.82. The highest BCUT2D eigenvalue weighted by molar-refractivity contribution is 7.98. The molecular formula is C10H20N2OS. The van der Waals surface area contributed by atoms with Crippen molar-refractivity contribution in [1.82, 2.24) is 10.2 Å². The summed E-state index contributed by atoms with van der Waals surface area (Å²) in [6, 6.07) is 0.347. The molecule has 1 saturated heterocycles. The third kappa shape index (κ3) is 2.89. The zero-order valence-corrected chi connectivity index (χ0v) is 10.1. The van der Waals surface area contributed by atoms with Crippen LogP contribution in [0.4, 0.5) is 0 Å². The summed E-state index contributed by atoms with van der Waals surface area (Å²) in [6.07, 6.45) is 3.06. The molecule has 2 unspecified atom stereocenters. The molecule has 1 N–H and O–H groups in total. The molecule has 0 saturated carbocycles. The maximum absolute atomic E-state index is 11.9. The normalized spacial score (nSPS) is 26.5. The fourth-order valence-corrected chi connectivity index (χ4v) is 2.27. The van der Waals surface area contributed by atoms with Crippen molar-refractivity contribution in [2.45, 2.75) is 19.4 Å². The van der Waals surface area contributed by atoms with Gasteiger partial charge in [0.1, 0.15) is 0 Å². The second-order valence-corrected chi connectivity index (χ2v) is 4.88. The number of nitrogens with zero attached hydrogens (tertiary/aromatic N) is 1. The Labute approximate surface area is 90.6 Å². The average molecular weight is 216 g/mol. The van der Waals surface area contributed by atoms with Gasteiger partial charge >= 0.3 is 0 Å². The van der Waals surface area contributed by atoms with Gasteiger partial charge in [-0.25, -0.2) is 0 Å². The summed E-state index contributed by atoms with van der Waals surface area (Å²) in [4.78, 5) is 13.8. The summed E-state index contributed by atoms with van der Waals surface area (Å²) in [5.41, 5.74) is 0. The minimum atomic E-state index is 0.196. The Balaban J connectivity index is 2.39. The van der Waals surface area contributed by atoms with Gasteiger partial charge in [0.15, 0.2) is 0 Å². The molecule has 82 valence electrons. The summed E-state index contributed by atoms with van der Waals surface area (Å²) < 4.78 is 0. The van der Waals surface area contributed by atoms with Crippen LogP contribution in [0.15, 0.2) is 0 Å². The summed E-state index contributed by atoms with van der Waals surface area (Å²) >= 11 is 1.78. The van der Waals surface area contributed by atoms with Crippen LogP contribution in [0.5, 0.6) is 0 Å². The molecule has 1 aliphatic rings. The number of rotatable bonds is 4. The monoisotopic (exact) mass is 216 g/mol. The Morgan fingerprint density at radius 3 is 2.86 bits per heavy atom. The van der Waals surface area contributed by atoms with E-state index in [0.29, 0.717) is 11.9 Å². The maximum Gasteiger partial charge on any atom is 0.227 e. The molecular weight excluding hydrogens is 196 g/mol. The van der Waals surface area contributed by atoms with Gasteiger partial charge in [-0.15, -0.1) is 0 Å². The van der Waals surface area contributed by atoms with Gasteiger partial charge in [-0.3, -0.25) is 4.79 Å². The molecule has 0 spiro atoms. The molecule has 1 fully saturated rings. The second kappa shape index (κ2) is 5.61. The molecule has 1 aliphatic heterocycles. The van der Waals surface area contributed by atoms with Crippen molar-refractivity contribution in [3.05, 3.63) is 0 Å². The first kappa shape index (κ1) is 11.9. The van der Waals surface area contributed by atoms with Crippen LogP contribution in [-0.2, 0) is 4.79 Å². The summed E-state index contributed by atoms with van der Waals surface area (Å²) in [5.74, 6) is 1.52. The Bertz CT molecular complexity index is 199. The molecule has 0 radical (unpaired) electrons. The van der Waals surface area contributed by atoms with Crippen molar-refractivity contribution in [2.75, 3.05) is 32.1 Å². The van der Waals surface area contributed by atoms with Gasteiger partial charge in [0.05, 0.1) is 5.92 Å². The van der Waals surface area contributed by atoms with Crippen LogP contribution in [0.2, 0.25) is 0 Å². The third-order valence-corrected chi connectivity index (χ3v) is 3.44. The van der Waals surface area contributed by atoms with Crippen molar-refractivity contribution >= 4 is 17.7 Å². The van der Waals surface area contributed by atoms with E-state index in [1.54, 1.807) is 11.8 Å². The Morgan fingerprint density at radius 2 is 2.36 bits per heavy atom. The lowest BCUT2D eigenvalue weighted by molar-refractivity contribution is -0.134. The van der Waals surface area contributed by atoms with Crippen molar-refractivity contribution in [2.24, 2.45) is 5.92 Å². The first-order chi connectivity index (χ1) is 6.66. The topological polar surface area (TPSA) is 32.3 Å². The van der Waals surface area contributed by atoms with Gasteiger partial charge < -0.3 is 10.2 Å². The van der Waals surface area contributed by atoms with Gasteiger partial charge in [-0.2, -0.15) is 11.8 Å². The van der Waals surface area contributed by atoms with E-state index in [0.717, 1.165) is 25.3 Å². The van der Waals surface area contributed by atoms with Crippen LogP contribution in [0.25, 0.3) is 0 Å². The number of carbonyl (C=O) groups is 1. The van der Waals surface area contributed by atoms with Gasteiger partial charge in [0.25, 0.3) is 0 Å². The van der Waals surface area contributed by atoms with E-state index in [4.69, 9.17) is 0 Å². The molecule has 0 aromatic rings. The Hall–Kier alpha value is -0.220. The van der Waals surface area contributed by atoms with Crippen LogP contribution in [0.3, 0.4) is 0 Å². The van der Waals surface area contributed by atoms with Crippen LogP contribution < -0.4 is 5.32 Å². The first-order valence-electron chi connectivity index (χ1n) is 5.14. The lowest BCUT2D eigenvalue weighted by Gasteiger charge is -2.22. The van der Waals surface area contributed by atoms with E-state index >= 15 is 0 Å². The van der Waals surface area contributed by atoms with E-state index in [9.17, 15) is 4.79 Å². The number of thioether (sulfide) groups is 1. The van der Waals surface area contributed by atoms with Gasteiger partial charge in [-0.1, -0.05) is 0 Å². The smallest absolute Gasteiger partial charge is 0.227 e. The van der Waals surface area contributed by atoms with Crippen molar-refractivity contribution in [3.63, 3.8) is 0 Å². The predicted molar refractivity (Wildman–Crippen MR) is 61.6 cm³/mol. The summed E-state index contributed by atoms with van der Waals surface area (Å²) in [6.45, 7) is 3.94. The van der Waals surface area contributed by atoms with Crippen molar-refractivity contribution in [1.29, 1.82) is 0 Å². The molecule has 1 rings (SSSR count). The fraction of sp³-hybridized carbons (Fsp3) is 0.900. The lowest BCUT2D eigenvalue weighted by atomic mass is 10.0. The zero-order valence-electron chi connectivity index (χ0n) is 9.25. The number of nitrogens with one attached hydrogen (secondary N) is 1. The van der Waals surface area contributed by atoms with Crippen LogP contribution in [0.1, 0.15) is 13.3 Å². The van der Waals surface area contributed by atoms with E-state index in [2.05, 4.69) is 18.5 Å². The number of carbonyl (C=O) groups excluding carboxylic acids is 1. The van der Waals surface area contributed by atoms with Gasteiger partial charge in [-0.05, 0) is 26.1 Å². The molecule has 0 bridgehead atoms. The Morgan fingerprint density at radius 1 is 1.64 bits per heavy atom. The van der Waals surface area contributed by atoms with Gasteiger partial charge in [0, 0.05) is 25.4 Å². The van der Waals surface area contributed by atoms with E-state index < -0.39 is 0 Å². The molecule has 2 atom stereocenters. The SMILES string of the molecule is CSCCN(C)C(=O)C1CCNC1C. The maximum atomic E-state index is 11.9. The molecule has 4 heteroatoms. The molecule has 3 nitrogen and oxygen atoms in total. The molecule has 0 aliphatic carbocycles. The first-order valence-corrected chi connectivity index (χ1v) is 6.53. The number of hydrogen-bond donors (Lipinski definition) is 1. The largest absolute Gasteiger partial charge is 0.345 e. The number of amides is 1. The molecule has 1 heterocycles. The summed E-state index contributed by atoms with van der Waals surface area (Å²) in [5, 5.41) is 3.31. The molecule has 0 aromatic carbocycles. The minimum absolute atomic E-state index is 0.196. The Kier molecular flexibility index (Phi) is 4.75. The van der Waals surface area contributed by atoms with Crippen LogP contribution >= 0.6 is 11.8 Å². The van der Waals surface area contributed by atoms with E-state index in [1.165, 1.54) is 0 Å². The zero-order chi connectivity index (χ0) is 10.6. The highest BCUT2D eigenvalue weighted by Gasteiger charge is 2.30. The third-order valence-electron chi connectivity index (χ3n) is 2.85. The highest BCUT2D eigenvalue weighted by atomic mass is 32.2. The minimum Gasteiger partial charge on any atom is -0.345 e. The van der Waals surface area contributed by atoms with E-state index in [1.807, 2.05) is 11.9 Å². The number of hydrogen-bond acceptors (Lipinski definition) is 3. The molecule has 1 amide bonds. The van der Waals surface area contributed by atoms with Gasteiger partial charge in [0.2, 0.25) is 5.91 Å². The van der Waals surface area contributed by atoms with Crippen molar-refractivity contribution < 1.29 is 4.79 Å². The van der Waals surface area contributed by atoms with Crippen LogP contribution in [0, 0.1) is 5.92 Å². The standard InChI is InChI=1S/C10H20N2OS/c1-8-9(4-5-11-8)10(13)12(2)6-7-14-3/h8-9,11H,4-7H2,1-3H3. The highest BCUT2D eigenvalue weighted by Crippen LogP contribution is 2.17. The molecule has 14 heavy (non-hydrogen) atoms. The van der Waals surface area contributed by atoms with Crippen molar-refractivity contribution in [3.8, 4) is 0 Å². The lowest BCUT2D eigenvalue weighted by Crippen LogP contribution is -2.39. The quantitative estimate of drug-likeness (QED) is 0.754. The average Bonchev–Trinajstić information content (AvgIpc) is 2.59. The van der Waals surface area contributed by atoms with Crippen LogP contribution in [-0.4, -0.2) is 49.0 Å². The molecule has 0 aromatic heterocycles. The van der Waals surface area contributed by atoms with E-state index in [-0.39, 0.29) is 5.92 Å². The predicted octanol–water partition coefficient (Wildman–Crippen LogP) is 0.806. The second-order valence-electron chi connectivity index (χ2n) is 3.89.